The Kier molecular flexibility index (Phi) is 7.56. The Morgan fingerprint density at radius 1 is 1.06 bits per heavy atom. The molecule has 0 aliphatic rings. The monoisotopic (exact) mass is 474 g/mol. The molecule has 9 heteroatoms. The molecular weight excluding hydrogens is 452 g/mol. The predicted molar refractivity (Wildman–Crippen MR) is 131 cm³/mol. The van der Waals surface area contributed by atoms with Gasteiger partial charge in [-0.25, -0.2) is 15.2 Å². The lowest BCUT2D eigenvalue weighted by atomic mass is 10.2. The quantitative estimate of drug-likeness (QED) is 0.206. The molecule has 0 saturated carbocycles. The number of carboxylic acid groups (broad SMARTS) is 1. The van der Waals surface area contributed by atoms with Crippen LogP contribution in [0, 0.1) is 0 Å². The predicted octanol–water partition coefficient (Wildman–Crippen LogP) is 3.79. The van der Waals surface area contributed by atoms with Gasteiger partial charge in [0.05, 0.1) is 29.5 Å². The molecule has 0 atom stereocenters. The number of thioether (sulfide) groups is 1. The van der Waals surface area contributed by atoms with Gasteiger partial charge in [0.2, 0.25) is 0 Å². The van der Waals surface area contributed by atoms with Crippen LogP contribution in [0.4, 0.5) is 0 Å². The third kappa shape index (κ3) is 6.23. The molecule has 3 aromatic carbocycles. The SMILES string of the molecule is O=C(O)COc1cccc(C=NNC(=O)CSc2nc3ccccc3n2Cc2ccccc2)c1. The maximum absolute atomic E-state index is 12.4. The van der Waals surface area contributed by atoms with E-state index in [-0.39, 0.29) is 11.7 Å². The molecule has 0 bridgehead atoms. The third-order valence-corrected chi connectivity index (χ3v) is 5.74. The average molecular weight is 475 g/mol. The zero-order chi connectivity index (χ0) is 23.8. The smallest absolute Gasteiger partial charge is 0.341 e. The lowest BCUT2D eigenvalue weighted by Gasteiger charge is -2.09. The molecule has 4 aromatic rings. The lowest BCUT2D eigenvalue weighted by molar-refractivity contribution is -0.139. The van der Waals surface area contributed by atoms with Gasteiger partial charge in [0.25, 0.3) is 5.91 Å². The summed E-state index contributed by atoms with van der Waals surface area (Å²) in [5.41, 5.74) is 6.22. The van der Waals surface area contributed by atoms with Gasteiger partial charge >= 0.3 is 5.97 Å². The first kappa shape index (κ1) is 23.1. The van der Waals surface area contributed by atoms with Gasteiger partial charge < -0.3 is 14.4 Å². The number of nitrogens with zero attached hydrogens (tertiary/aromatic N) is 3. The number of ether oxygens (including phenoxy) is 1. The van der Waals surface area contributed by atoms with Crippen LogP contribution in [0.25, 0.3) is 11.0 Å². The molecule has 34 heavy (non-hydrogen) atoms. The van der Waals surface area contributed by atoms with Crippen molar-refractivity contribution in [2.75, 3.05) is 12.4 Å². The molecule has 172 valence electrons. The number of carbonyl (C=O) groups excluding carboxylic acids is 1. The van der Waals surface area contributed by atoms with E-state index in [1.165, 1.54) is 18.0 Å². The molecule has 2 N–H and O–H groups in total. The van der Waals surface area contributed by atoms with Gasteiger partial charge in [-0.1, -0.05) is 66.4 Å². The van der Waals surface area contributed by atoms with Crippen LogP contribution in [0.15, 0.2) is 89.1 Å². The zero-order valence-electron chi connectivity index (χ0n) is 18.1. The molecule has 0 aliphatic carbocycles. The van der Waals surface area contributed by atoms with E-state index in [4.69, 9.17) is 14.8 Å². The van der Waals surface area contributed by atoms with Gasteiger partial charge in [-0.3, -0.25) is 4.79 Å². The number of hydrogen-bond donors (Lipinski definition) is 2. The Labute approximate surface area is 200 Å². The van der Waals surface area contributed by atoms with Gasteiger partial charge in [-0.05, 0) is 35.4 Å². The van der Waals surface area contributed by atoms with Gasteiger partial charge in [0.15, 0.2) is 11.8 Å². The second kappa shape index (κ2) is 11.2. The summed E-state index contributed by atoms with van der Waals surface area (Å²) < 4.78 is 7.25. The fourth-order valence-corrected chi connectivity index (χ4v) is 4.06. The fraction of sp³-hybridized carbons (Fsp3) is 0.120. The van der Waals surface area contributed by atoms with Crippen LogP contribution in [-0.2, 0) is 16.1 Å². The van der Waals surface area contributed by atoms with Crippen molar-refractivity contribution in [1.29, 1.82) is 0 Å². The van der Waals surface area contributed by atoms with Crippen molar-refractivity contribution in [3.8, 4) is 5.75 Å². The van der Waals surface area contributed by atoms with E-state index in [9.17, 15) is 9.59 Å². The van der Waals surface area contributed by atoms with E-state index in [2.05, 4.69) is 27.2 Å². The minimum atomic E-state index is -1.05. The molecule has 4 rings (SSSR count). The molecule has 0 saturated heterocycles. The summed E-state index contributed by atoms with van der Waals surface area (Å²) in [4.78, 5) is 27.7. The van der Waals surface area contributed by atoms with Crippen LogP contribution < -0.4 is 10.2 Å². The van der Waals surface area contributed by atoms with Gasteiger partial charge in [-0.15, -0.1) is 0 Å². The van der Waals surface area contributed by atoms with E-state index < -0.39 is 12.6 Å². The fourth-order valence-electron chi connectivity index (χ4n) is 3.25. The number of amides is 1. The van der Waals surface area contributed by atoms with Gasteiger partial charge in [0.1, 0.15) is 5.75 Å². The van der Waals surface area contributed by atoms with Crippen molar-refractivity contribution in [2.24, 2.45) is 5.10 Å². The van der Waals surface area contributed by atoms with Gasteiger partial charge in [0, 0.05) is 0 Å². The number of carboxylic acids is 1. The lowest BCUT2D eigenvalue weighted by Crippen LogP contribution is -2.20. The topological polar surface area (TPSA) is 106 Å². The van der Waals surface area contributed by atoms with Crippen molar-refractivity contribution in [3.05, 3.63) is 90.0 Å². The number of carbonyl (C=O) groups is 2. The van der Waals surface area contributed by atoms with Gasteiger partial charge in [-0.2, -0.15) is 5.10 Å². The number of imidazole rings is 1. The van der Waals surface area contributed by atoms with Crippen molar-refractivity contribution in [1.82, 2.24) is 15.0 Å². The maximum Gasteiger partial charge on any atom is 0.341 e. The molecule has 1 amide bonds. The Bertz CT molecular complexity index is 1320. The van der Waals surface area contributed by atoms with Crippen molar-refractivity contribution in [2.45, 2.75) is 11.7 Å². The second-order valence-corrected chi connectivity index (χ2v) is 8.23. The number of fused-ring (bicyclic) bond motifs is 1. The molecule has 0 fully saturated rings. The highest BCUT2D eigenvalue weighted by Crippen LogP contribution is 2.25. The normalized spacial score (nSPS) is 11.1. The molecule has 8 nitrogen and oxygen atoms in total. The zero-order valence-corrected chi connectivity index (χ0v) is 18.9. The van der Waals surface area contributed by atoms with Crippen LogP contribution >= 0.6 is 11.8 Å². The van der Waals surface area contributed by atoms with E-state index in [1.807, 2.05) is 42.5 Å². The highest BCUT2D eigenvalue weighted by atomic mass is 32.2. The second-order valence-electron chi connectivity index (χ2n) is 7.29. The number of hydrazone groups is 1. The van der Waals surface area contributed by atoms with Crippen LogP contribution in [0.3, 0.4) is 0 Å². The van der Waals surface area contributed by atoms with Crippen LogP contribution in [0.1, 0.15) is 11.1 Å². The Balaban J connectivity index is 1.38. The molecule has 0 radical (unpaired) electrons. The largest absolute Gasteiger partial charge is 0.482 e. The molecule has 1 aromatic heterocycles. The van der Waals surface area contributed by atoms with E-state index in [0.29, 0.717) is 17.9 Å². The number of benzene rings is 3. The van der Waals surface area contributed by atoms with Crippen LogP contribution in [-0.4, -0.2) is 45.1 Å². The number of para-hydroxylation sites is 2. The molecular formula is C25H22N4O4S. The van der Waals surface area contributed by atoms with Crippen molar-refractivity contribution >= 4 is 40.9 Å². The first-order valence-corrected chi connectivity index (χ1v) is 11.5. The third-order valence-electron chi connectivity index (χ3n) is 4.76. The van der Waals surface area contributed by atoms with E-state index in [0.717, 1.165) is 21.8 Å². The number of nitrogens with one attached hydrogen (secondary N) is 1. The molecule has 0 unspecified atom stereocenters. The first-order valence-electron chi connectivity index (χ1n) is 10.5. The number of aliphatic carboxylic acids is 1. The highest BCUT2D eigenvalue weighted by Gasteiger charge is 2.13. The first-order chi connectivity index (χ1) is 16.6. The number of rotatable bonds is 10. The summed E-state index contributed by atoms with van der Waals surface area (Å²) in [5, 5.41) is 13.4. The molecule has 0 aliphatic heterocycles. The van der Waals surface area contributed by atoms with Crippen LogP contribution in [0.2, 0.25) is 0 Å². The average Bonchev–Trinajstić information content (AvgIpc) is 3.19. The summed E-state index contributed by atoms with van der Waals surface area (Å²) >= 11 is 1.35. The summed E-state index contributed by atoms with van der Waals surface area (Å²) in [6.45, 7) is 0.230. The summed E-state index contributed by atoms with van der Waals surface area (Å²) in [7, 11) is 0. The maximum atomic E-state index is 12.4. The van der Waals surface area contributed by atoms with Crippen LogP contribution in [0.5, 0.6) is 5.75 Å². The minimum absolute atomic E-state index is 0.150. The van der Waals surface area contributed by atoms with Crippen molar-refractivity contribution in [3.63, 3.8) is 0 Å². The van der Waals surface area contributed by atoms with E-state index >= 15 is 0 Å². The summed E-state index contributed by atoms with van der Waals surface area (Å²) in [6, 6.07) is 24.8. The Morgan fingerprint density at radius 2 is 1.85 bits per heavy atom. The molecule has 1 heterocycles. The summed E-state index contributed by atoms with van der Waals surface area (Å²) in [5.74, 6) is -0.762. The van der Waals surface area contributed by atoms with E-state index in [1.54, 1.807) is 24.3 Å². The minimum Gasteiger partial charge on any atom is -0.482 e. The number of aromatic nitrogens is 2. The Hall–Kier alpha value is -4.11. The Morgan fingerprint density at radius 3 is 2.68 bits per heavy atom. The highest BCUT2D eigenvalue weighted by molar-refractivity contribution is 7.99. The standard InChI is InChI=1S/C25H22N4O4S/c30-23(28-26-14-19-9-6-10-20(13-19)33-16-24(31)32)17-34-25-27-21-11-4-5-12-22(21)29(25)15-18-7-2-1-3-8-18/h1-14H,15-17H2,(H,28,30)(H,31,32). The number of hydrogen-bond acceptors (Lipinski definition) is 6. The molecule has 0 spiro atoms. The summed E-state index contributed by atoms with van der Waals surface area (Å²) in [6.07, 6.45) is 1.47. The van der Waals surface area contributed by atoms with Crippen molar-refractivity contribution < 1.29 is 19.4 Å².